The monoisotopic (exact) mass is 386 g/mol. The molecule has 0 saturated heterocycles. The van der Waals surface area contributed by atoms with Crippen LogP contribution in [0, 0.1) is 0 Å². The first-order chi connectivity index (χ1) is 12.8. The lowest BCUT2D eigenvalue weighted by atomic mass is 9.99. The molecule has 136 valence electrons. The lowest BCUT2D eigenvalue weighted by molar-refractivity contribution is 0.0938. The third-order valence-electron chi connectivity index (χ3n) is 4.79. The van der Waals surface area contributed by atoms with Gasteiger partial charge in [0.1, 0.15) is 0 Å². The molecular formula is C19H22N4OS2. The minimum atomic E-state index is -0.147. The van der Waals surface area contributed by atoms with E-state index in [0.717, 1.165) is 41.4 Å². The summed E-state index contributed by atoms with van der Waals surface area (Å²) in [6, 6.07) is 7.77. The predicted octanol–water partition coefficient (Wildman–Crippen LogP) is 3.89. The number of pyridine rings is 1. The fraction of sp³-hybridized carbons (Fsp3) is 0.421. The Hall–Kier alpha value is -1.86. The molecule has 4 rings (SSSR count). The van der Waals surface area contributed by atoms with E-state index in [9.17, 15) is 4.79 Å². The molecule has 7 heteroatoms. The minimum Gasteiger partial charge on any atom is -0.341 e. The second-order valence-corrected chi connectivity index (χ2v) is 8.68. The Morgan fingerprint density at radius 1 is 1.35 bits per heavy atom. The normalized spacial score (nSPS) is 15.0. The van der Waals surface area contributed by atoms with E-state index in [4.69, 9.17) is 0 Å². The maximum Gasteiger partial charge on any atom is 0.261 e. The first-order valence-corrected chi connectivity index (χ1v) is 11.2. The molecule has 26 heavy (non-hydrogen) atoms. The van der Waals surface area contributed by atoms with E-state index in [0.29, 0.717) is 0 Å². The average molecular weight is 387 g/mol. The summed E-state index contributed by atoms with van der Waals surface area (Å²) >= 11 is 3.42. The molecule has 1 N–H and O–H groups in total. The Bertz CT molecular complexity index is 894. The molecule has 1 aliphatic rings. The van der Waals surface area contributed by atoms with Crippen LogP contribution in [0.2, 0.25) is 0 Å². The molecule has 3 heterocycles. The number of amides is 1. The number of rotatable bonds is 6. The highest BCUT2D eigenvalue weighted by Gasteiger charge is 2.23. The summed E-state index contributed by atoms with van der Waals surface area (Å²) < 4.78 is 1.96. The van der Waals surface area contributed by atoms with Gasteiger partial charge < -0.3 is 5.32 Å². The van der Waals surface area contributed by atoms with Gasteiger partial charge in [-0.3, -0.25) is 9.20 Å². The molecule has 0 spiro atoms. The van der Waals surface area contributed by atoms with E-state index in [2.05, 4.69) is 27.8 Å². The Morgan fingerprint density at radius 3 is 3.08 bits per heavy atom. The summed E-state index contributed by atoms with van der Waals surface area (Å²) in [4.78, 5) is 15.1. The number of nitrogens with zero attached hydrogens (tertiary/aromatic N) is 3. The van der Waals surface area contributed by atoms with Crippen molar-refractivity contribution in [2.75, 3.05) is 12.0 Å². The van der Waals surface area contributed by atoms with Crippen molar-refractivity contribution >= 4 is 34.7 Å². The largest absolute Gasteiger partial charge is 0.341 e. The molecule has 0 radical (unpaired) electrons. The van der Waals surface area contributed by atoms with Crippen molar-refractivity contribution in [1.82, 2.24) is 19.9 Å². The molecule has 1 aliphatic carbocycles. The van der Waals surface area contributed by atoms with Crippen LogP contribution in [-0.4, -0.2) is 32.5 Å². The molecule has 5 nitrogen and oxygen atoms in total. The third kappa shape index (κ3) is 3.50. The Morgan fingerprint density at radius 2 is 2.23 bits per heavy atom. The molecule has 1 amide bonds. The maximum absolute atomic E-state index is 12.9. The maximum atomic E-state index is 12.9. The first kappa shape index (κ1) is 17.5. The number of fused-ring (bicyclic) bond motifs is 2. The Balaban J connectivity index is 1.58. The van der Waals surface area contributed by atoms with E-state index in [1.165, 1.54) is 23.3 Å². The van der Waals surface area contributed by atoms with Crippen LogP contribution in [0.5, 0.6) is 0 Å². The lowest BCUT2D eigenvalue weighted by Crippen LogP contribution is -2.30. The first-order valence-electron chi connectivity index (χ1n) is 8.97. The van der Waals surface area contributed by atoms with Crippen LogP contribution >= 0.6 is 23.1 Å². The Kier molecular flexibility index (Phi) is 5.26. The van der Waals surface area contributed by atoms with Gasteiger partial charge in [-0.1, -0.05) is 6.07 Å². The molecule has 1 atom stereocenters. The molecule has 3 aromatic heterocycles. The average Bonchev–Trinajstić information content (AvgIpc) is 3.29. The van der Waals surface area contributed by atoms with E-state index in [1.807, 2.05) is 28.8 Å². The van der Waals surface area contributed by atoms with Crippen molar-refractivity contribution in [1.29, 1.82) is 0 Å². The predicted molar refractivity (Wildman–Crippen MR) is 107 cm³/mol. The summed E-state index contributed by atoms with van der Waals surface area (Å²) in [5.74, 6) is 1.75. The topological polar surface area (TPSA) is 59.3 Å². The fourth-order valence-electron chi connectivity index (χ4n) is 3.43. The number of aryl methyl sites for hydroxylation is 2. The van der Waals surface area contributed by atoms with Crippen LogP contribution < -0.4 is 5.32 Å². The summed E-state index contributed by atoms with van der Waals surface area (Å²) in [6.07, 6.45) is 9.53. The Labute approximate surface area is 161 Å². The minimum absolute atomic E-state index is 0.00295. The van der Waals surface area contributed by atoms with Gasteiger partial charge in [-0.15, -0.1) is 21.5 Å². The molecule has 0 aromatic carbocycles. The third-order valence-corrected chi connectivity index (χ3v) is 6.67. The lowest BCUT2D eigenvalue weighted by Gasteiger charge is -2.16. The summed E-state index contributed by atoms with van der Waals surface area (Å²) in [5, 5.41) is 11.8. The second-order valence-electron chi connectivity index (χ2n) is 6.56. The standard InChI is InChI=1S/C19H22N4OS2/c1-25-11-9-14(18-22-21-17-8-4-5-10-23(17)18)20-19(24)16-12-13-6-2-3-7-15(13)26-16/h4-5,8,10,12,14H,2-3,6-7,9,11H2,1H3,(H,20,24). The molecule has 1 unspecified atom stereocenters. The second kappa shape index (κ2) is 7.80. The number of thioether (sulfide) groups is 1. The number of hydrogen-bond acceptors (Lipinski definition) is 5. The molecule has 0 saturated carbocycles. The van der Waals surface area contributed by atoms with Gasteiger partial charge in [-0.05, 0) is 67.9 Å². The molecule has 0 aliphatic heterocycles. The number of carbonyl (C=O) groups excluding carboxylic acids is 1. The van der Waals surface area contributed by atoms with Gasteiger partial charge in [0.2, 0.25) is 0 Å². The van der Waals surface area contributed by atoms with Crippen LogP contribution in [0.3, 0.4) is 0 Å². The zero-order valence-electron chi connectivity index (χ0n) is 14.8. The number of nitrogens with one attached hydrogen (secondary N) is 1. The highest BCUT2D eigenvalue weighted by Crippen LogP contribution is 2.30. The van der Waals surface area contributed by atoms with Gasteiger partial charge in [-0.2, -0.15) is 11.8 Å². The van der Waals surface area contributed by atoms with Crippen molar-refractivity contribution in [2.24, 2.45) is 0 Å². The van der Waals surface area contributed by atoms with Crippen LogP contribution in [0.4, 0.5) is 0 Å². The summed E-state index contributed by atoms with van der Waals surface area (Å²) in [7, 11) is 0. The van der Waals surface area contributed by atoms with Crippen LogP contribution in [0.25, 0.3) is 5.65 Å². The highest BCUT2D eigenvalue weighted by molar-refractivity contribution is 7.98. The zero-order valence-corrected chi connectivity index (χ0v) is 16.4. The van der Waals surface area contributed by atoms with Gasteiger partial charge >= 0.3 is 0 Å². The number of hydrogen-bond donors (Lipinski definition) is 1. The highest BCUT2D eigenvalue weighted by atomic mass is 32.2. The molecule has 0 bridgehead atoms. The van der Waals surface area contributed by atoms with Crippen molar-refractivity contribution in [3.63, 3.8) is 0 Å². The van der Waals surface area contributed by atoms with Gasteiger partial charge in [0.05, 0.1) is 10.9 Å². The van der Waals surface area contributed by atoms with Crippen molar-refractivity contribution in [3.8, 4) is 0 Å². The summed E-state index contributed by atoms with van der Waals surface area (Å²) in [5.41, 5.74) is 2.16. The molecule has 3 aromatic rings. The number of aromatic nitrogens is 3. The SMILES string of the molecule is CSCCC(NC(=O)c1cc2c(s1)CCCC2)c1nnc2ccccn12. The van der Waals surface area contributed by atoms with Crippen molar-refractivity contribution < 1.29 is 4.79 Å². The van der Waals surface area contributed by atoms with Gasteiger partial charge in [-0.25, -0.2) is 0 Å². The fourth-order valence-corrected chi connectivity index (χ4v) is 5.06. The molecule has 0 fully saturated rings. The van der Waals surface area contributed by atoms with Crippen LogP contribution in [-0.2, 0) is 12.8 Å². The number of carbonyl (C=O) groups is 1. The van der Waals surface area contributed by atoms with Crippen LogP contribution in [0.15, 0.2) is 30.5 Å². The molecular weight excluding hydrogens is 364 g/mol. The zero-order chi connectivity index (χ0) is 17.9. The smallest absolute Gasteiger partial charge is 0.261 e. The van der Waals surface area contributed by atoms with E-state index in [-0.39, 0.29) is 11.9 Å². The van der Waals surface area contributed by atoms with E-state index >= 15 is 0 Å². The summed E-state index contributed by atoms with van der Waals surface area (Å²) in [6.45, 7) is 0. The van der Waals surface area contributed by atoms with Gasteiger partial charge in [0.25, 0.3) is 5.91 Å². The van der Waals surface area contributed by atoms with Gasteiger partial charge in [0.15, 0.2) is 11.5 Å². The van der Waals surface area contributed by atoms with Crippen molar-refractivity contribution in [2.45, 2.75) is 38.1 Å². The number of thiophene rings is 1. The van der Waals surface area contributed by atoms with Crippen molar-refractivity contribution in [3.05, 3.63) is 51.6 Å². The van der Waals surface area contributed by atoms with E-state index < -0.39 is 0 Å². The van der Waals surface area contributed by atoms with E-state index in [1.54, 1.807) is 23.1 Å². The quantitative estimate of drug-likeness (QED) is 0.698. The van der Waals surface area contributed by atoms with Gasteiger partial charge in [0, 0.05) is 11.1 Å². The van der Waals surface area contributed by atoms with Crippen LogP contribution in [0.1, 0.15) is 51.2 Å².